The molecule has 0 aromatic carbocycles. The molecule has 0 N–H and O–H groups in total. The average Bonchev–Trinajstić information content (AvgIpc) is 3.15. The average molecular weight is 342 g/mol. The fourth-order valence-electron chi connectivity index (χ4n) is 4.21. The Kier molecular flexibility index (Phi) is 5.15. The Morgan fingerprint density at radius 2 is 2.32 bits per heavy atom. The lowest BCUT2D eigenvalue weighted by atomic mass is 9.73. The topological polar surface area (TPSA) is 47.7 Å². The standard InChI is InChI=1S/C20H26N2O3/c1-2-8-21-18(4-1)14-24-16-20-7-3-10-25-19(20)5-9-22(15-20)12-17-6-11-23-13-17/h1-2,4,6,8,11,13,19H,3,5,7,9-10,12,14-16H2. The van der Waals surface area contributed by atoms with Gasteiger partial charge in [0.25, 0.3) is 0 Å². The summed E-state index contributed by atoms with van der Waals surface area (Å²) in [6.07, 6.45) is 9.07. The first-order valence-corrected chi connectivity index (χ1v) is 9.17. The molecule has 2 aromatic rings. The molecular formula is C20H26N2O3. The molecule has 0 bridgehead atoms. The molecule has 2 saturated heterocycles. The van der Waals surface area contributed by atoms with Gasteiger partial charge in [0.05, 0.1) is 37.5 Å². The van der Waals surface area contributed by atoms with Crippen molar-refractivity contribution in [3.63, 3.8) is 0 Å². The highest BCUT2D eigenvalue weighted by Gasteiger charge is 2.46. The summed E-state index contributed by atoms with van der Waals surface area (Å²) in [4.78, 5) is 6.86. The summed E-state index contributed by atoms with van der Waals surface area (Å²) in [5, 5.41) is 0. The van der Waals surface area contributed by atoms with Crippen LogP contribution in [0, 0.1) is 5.41 Å². The van der Waals surface area contributed by atoms with E-state index in [1.54, 1.807) is 6.26 Å². The van der Waals surface area contributed by atoms with E-state index >= 15 is 0 Å². The van der Waals surface area contributed by atoms with Crippen LogP contribution in [0.2, 0.25) is 0 Å². The minimum Gasteiger partial charge on any atom is -0.472 e. The first-order valence-electron chi connectivity index (χ1n) is 9.17. The van der Waals surface area contributed by atoms with Gasteiger partial charge in [0.1, 0.15) is 0 Å². The molecule has 0 radical (unpaired) electrons. The van der Waals surface area contributed by atoms with Crippen molar-refractivity contribution < 1.29 is 13.9 Å². The molecule has 4 rings (SSSR count). The normalized spacial score (nSPS) is 27.1. The van der Waals surface area contributed by atoms with Crippen molar-refractivity contribution in [1.82, 2.24) is 9.88 Å². The summed E-state index contributed by atoms with van der Waals surface area (Å²) in [5.74, 6) is 0. The lowest BCUT2D eigenvalue weighted by Gasteiger charge is -2.50. The van der Waals surface area contributed by atoms with E-state index in [9.17, 15) is 0 Å². The molecule has 2 fully saturated rings. The van der Waals surface area contributed by atoms with Crippen LogP contribution in [0.15, 0.2) is 47.4 Å². The Labute approximate surface area is 148 Å². The van der Waals surface area contributed by atoms with Crippen LogP contribution in [0.4, 0.5) is 0 Å². The summed E-state index contributed by atoms with van der Waals surface area (Å²) < 4.78 is 17.5. The molecule has 2 aliphatic rings. The Hall–Kier alpha value is -1.69. The summed E-state index contributed by atoms with van der Waals surface area (Å²) in [5.41, 5.74) is 2.31. The molecule has 0 spiro atoms. The number of ether oxygens (including phenoxy) is 2. The number of pyridine rings is 1. The van der Waals surface area contributed by atoms with E-state index in [0.717, 1.165) is 51.4 Å². The van der Waals surface area contributed by atoms with Crippen LogP contribution in [0.1, 0.15) is 30.5 Å². The van der Waals surface area contributed by atoms with Crippen molar-refractivity contribution in [1.29, 1.82) is 0 Å². The molecule has 2 aliphatic heterocycles. The van der Waals surface area contributed by atoms with Gasteiger partial charge in [-0.15, -0.1) is 0 Å². The zero-order valence-electron chi connectivity index (χ0n) is 14.6. The van der Waals surface area contributed by atoms with Crippen LogP contribution < -0.4 is 0 Å². The first kappa shape index (κ1) is 16.8. The van der Waals surface area contributed by atoms with Gasteiger partial charge in [-0.3, -0.25) is 9.88 Å². The number of hydrogen-bond acceptors (Lipinski definition) is 5. The maximum atomic E-state index is 6.13. The minimum absolute atomic E-state index is 0.0923. The van der Waals surface area contributed by atoms with E-state index in [1.807, 2.05) is 36.7 Å². The van der Waals surface area contributed by atoms with Crippen molar-refractivity contribution in [3.8, 4) is 0 Å². The van der Waals surface area contributed by atoms with E-state index in [0.29, 0.717) is 12.7 Å². The largest absolute Gasteiger partial charge is 0.472 e. The van der Waals surface area contributed by atoms with E-state index in [1.165, 1.54) is 12.0 Å². The third-order valence-electron chi connectivity index (χ3n) is 5.42. The number of aromatic nitrogens is 1. The van der Waals surface area contributed by atoms with Crippen LogP contribution in [0.3, 0.4) is 0 Å². The molecule has 0 amide bonds. The van der Waals surface area contributed by atoms with Gasteiger partial charge in [-0.25, -0.2) is 0 Å². The predicted octanol–water partition coefficient (Wildman–Crippen LogP) is 3.26. The molecule has 4 heterocycles. The fraction of sp³-hybridized carbons (Fsp3) is 0.550. The molecule has 2 aromatic heterocycles. The summed E-state index contributed by atoms with van der Waals surface area (Å²) >= 11 is 0. The second-order valence-corrected chi connectivity index (χ2v) is 7.27. The molecule has 134 valence electrons. The number of hydrogen-bond donors (Lipinski definition) is 0. The lowest BCUT2D eigenvalue weighted by molar-refractivity contribution is -0.156. The number of nitrogens with zero attached hydrogens (tertiary/aromatic N) is 2. The van der Waals surface area contributed by atoms with E-state index in [-0.39, 0.29) is 5.41 Å². The quantitative estimate of drug-likeness (QED) is 0.806. The van der Waals surface area contributed by atoms with Crippen molar-refractivity contribution in [2.75, 3.05) is 26.3 Å². The SMILES string of the molecule is c1ccc(COCC23CCCOC2CCN(Cc2ccoc2)C3)nc1. The van der Waals surface area contributed by atoms with E-state index in [2.05, 4.69) is 9.88 Å². The van der Waals surface area contributed by atoms with Crippen LogP contribution >= 0.6 is 0 Å². The van der Waals surface area contributed by atoms with E-state index in [4.69, 9.17) is 13.9 Å². The number of fused-ring (bicyclic) bond motifs is 1. The second-order valence-electron chi connectivity index (χ2n) is 7.27. The number of piperidine rings is 1. The number of furan rings is 1. The zero-order chi connectivity index (χ0) is 17.0. The highest BCUT2D eigenvalue weighted by atomic mass is 16.5. The lowest BCUT2D eigenvalue weighted by Crippen LogP contribution is -2.56. The Balaban J connectivity index is 1.40. The minimum atomic E-state index is 0.0923. The van der Waals surface area contributed by atoms with Gasteiger partial charge >= 0.3 is 0 Å². The Morgan fingerprint density at radius 1 is 1.32 bits per heavy atom. The highest BCUT2D eigenvalue weighted by molar-refractivity contribution is 5.07. The van der Waals surface area contributed by atoms with Crippen molar-refractivity contribution in [2.45, 2.75) is 38.5 Å². The molecular weight excluding hydrogens is 316 g/mol. The van der Waals surface area contributed by atoms with Gasteiger partial charge in [0, 0.05) is 43.4 Å². The molecule has 5 heteroatoms. The maximum absolute atomic E-state index is 6.13. The van der Waals surface area contributed by atoms with Crippen molar-refractivity contribution >= 4 is 0 Å². The van der Waals surface area contributed by atoms with Crippen molar-refractivity contribution in [3.05, 3.63) is 54.2 Å². The van der Waals surface area contributed by atoms with E-state index < -0.39 is 0 Å². The third kappa shape index (κ3) is 3.94. The number of likely N-dealkylation sites (tertiary alicyclic amines) is 1. The maximum Gasteiger partial charge on any atom is 0.0947 e. The molecule has 5 nitrogen and oxygen atoms in total. The van der Waals surface area contributed by atoms with Gasteiger partial charge in [-0.1, -0.05) is 6.07 Å². The van der Waals surface area contributed by atoms with Crippen LogP contribution in [0.25, 0.3) is 0 Å². The van der Waals surface area contributed by atoms with Gasteiger partial charge in [0.2, 0.25) is 0 Å². The predicted molar refractivity (Wildman–Crippen MR) is 93.9 cm³/mol. The summed E-state index contributed by atoms with van der Waals surface area (Å²) in [7, 11) is 0. The van der Waals surface area contributed by atoms with Gasteiger partial charge in [-0.2, -0.15) is 0 Å². The summed E-state index contributed by atoms with van der Waals surface area (Å²) in [6.45, 7) is 5.20. The smallest absolute Gasteiger partial charge is 0.0947 e. The third-order valence-corrected chi connectivity index (χ3v) is 5.42. The Bertz CT molecular complexity index is 646. The van der Waals surface area contributed by atoms with Gasteiger partial charge < -0.3 is 13.9 Å². The van der Waals surface area contributed by atoms with Crippen LogP contribution in [-0.2, 0) is 22.6 Å². The second kappa shape index (κ2) is 7.68. The number of rotatable bonds is 6. The highest BCUT2D eigenvalue weighted by Crippen LogP contribution is 2.41. The molecule has 2 unspecified atom stereocenters. The fourth-order valence-corrected chi connectivity index (χ4v) is 4.21. The molecule has 25 heavy (non-hydrogen) atoms. The zero-order valence-corrected chi connectivity index (χ0v) is 14.6. The first-order chi connectivity index (χ1) is 12.3. The summed E-state index contributed by atoms with van der Waals surface area (Å²) in [6, 6.07) is 8.00. The molecule has 0 saturated carbocycles. The molecule has 2 atom stereocenters. The monoisotopic (exact) mass is 342 g/mol. The van der Waals surface area contributed by atoms with Gasteiger partial charge in [0.15, 0.2) is 0 Å². The van der Waals surface area contributed by atoms with Gasteiger partial charge in [-0.05, 0) is 37.5 Å². The van der Waals surface area contributed by atoms with Crippen LogP contribution in [-0.4, -0.2) is 42.3 Å². The van der Waals surface area contributed by atoms with Crippen molar-refractivity contribution in [2.24, 2.45) is 5.41 Å². The molecule has 0 aliphatic carbocycles. The van der Waals surface area contributed by atoms with Crippen LogP contribution in [0.5, 0.6) is 0 Å². The Morgan fingerprint density at radius 3 is 3.16 bits per heavy atom.